The molecule has 1 N–H and O–H groups in total. The summed E-state index contributed by atoms with van der Waals surface area (Å²) in [5.41, 5.74) is 0.593. The molecule has 1 fully saturated rings. The summed E-state index contributed by atoms with van der Waals surface area (Å²) >= 11 is 6.12. The Balaban J connectivity index is 1.75. The zero-order valence-electron chi connectivity index (χ0n) is 17.9. The predicted octanol–water partition coefficient (Wildman–Crippen LogP) is 4.82. The highest BCUT2D eigenvalue weighted by molar-refractivity contribution is 6.56. The van der Waals surface area contributed by atoms with Gasteiger partial charge in [0, 0.05) is 12.1 Å². The first kappa shape index (κ1) is 23.3. The molecule has 1 aromatic carbocycles. The van der Waals surface area contributed by atoms with Crippen LogP contribution in [0.15, 0.2) is 48.1 Å². The second-order valence-corrected chi connectivity index (χ2v) is 8.61. The number of hydrogen-bond acceptors (Lipinski definition) is 5. The Morgan fingerprint density at radius 2 is 1.87 bits per heavy atom. The number of hydrogen-bond donors (Lipinski definition) is 1. The molecule has 0 radical (unpaired) electrons. The molecule has 2 heterocycles. The van der Waals surface area contributed by atoms with Crippen molar-refractivity contribution < 1.29 is 23.2 Å². The molecule has 0 spiro atoms. The summed E-state index contributed by atoms with van der Waals surface area (Å²) in [6.07, 6.45) is 2.04. The minimum Gasteiger partial charge on any atom is -0.445 e. The van der Waals surface area contributed by atoms with E-state index < -0.39 is 30.2 Å². The van der Waals surface area contributed by atoms with E-state index in [9.17, 15) is 9.18 Å². The molecule has 6 nitrogen and oxygen atoms in total. The van der Waals surface area contributed by atoms with E-state index in [1.165, 1.54) is 6.07 Å². The lowest BCUT2D eigenvalue weighted by Crippen LogP contribution is -2.41. The number of ether oxygens (including phenoxy) is 1. The first-order chi connectivity index (χ1) is 14.6. The van der Waals surface area contributed by atoms with Crippen LogP contribution in [0.5, 0.6) is 0 Å². The van der Waals surface area contributed by atoms with E-state index in [4.69, 9.17) is 25.6 Å². The van der Waals surface area contributed by atoms with Crippen molar-refractivity contribution in [1.82, 2.24) is 10.3 Å². The van der Waals surface area contributed by atoms with E-state index in [2.05, 4.69) is 10.3 Å². The van der Waals surface area contributed by atoms with Crippen molar-refractivity contribution in [3.8, 4) is 0 Å². The van der Waals surface area contributed by atoms with Crippen LogP contribution in [-0.2, 0) is 20.7 Å². The van der Waals surface area contributed by atoms with Crippen LogP contribution in [-0.4, -0.2) is 35.9 Å². The fraction of sp³-hybridized carbons (Fsp3) is 0.364. The average molecular weight is 447 g/mol. The van der Waals surface area contributed by atoms with Crippen molar-refractivity contribution >= 4 is 30.9 Å². The lowest BCUT2D eigenvalue weighted by atomic mass is 9.77. The van der Waals surface area contributed by atoms with E-state index in [0.717, 1.165) is 11.8 Å². The van der Waals surface area contributed by atoms with Gasteiger partial charge in [-0.25, -0.2) is 14.2 Å². The number of benzene rings is 1. The van der Waals surface area contributed by atoms with Gasteiger partial charge in [-0.1, -0.05) is 48.0 Å². The van der Waals surface area contributed by atoms with Gasteiger partial charge < -0.3 is 19.4 Å². The van der Waals surface area contributed by atoms with Gasteiger partial charge in [0.1, 0.15) is 17.6 Å². The summed E-state index contributed by atoms with van der Waals surface area (Å²) in [6.45, 7) is 7.87. The van der Waals surface area contributed by atoms with Gasteiger partial charge in [0.25, 0.3) is 0 Å². The number of nitrogens with zero attached hydrogens (tertiary/aromatic N) is 1. The number of halogens is 2. The average Bonchev–Trinajstić information content (AvgIpc) is 2.94. The largest absolute Gasteiger partial charge is 0.492 e. The van der Waals surface area contributed by atoms with Crippen molar-refractivity contribution in [2.45, 2.75) is 45.5 Å². The highest BCUT2D eigenvalue weighted by Gasteiger charge is 2.52. The van der Waals surface area contributed by atoms with Gasteiger partial charge in [-0.3, -0.25) is 0 Å². The number of amides is 1. The number of nitrogens with one attached hydrogen (secondary N) is 1. The number of carbonyl (C=O) groups excluding carboxylic acids is 1. The van der Waals surface area contributed by atoms with Crippen molar-refractivity contribution in [3.63, 3.8) is 0 Å². The number of aromatic nitrogens is 1. The van der Waals surface area contributed by atoms with E-state index in [1.54, 1.807) is 6.08 Å². The van der Waals surface area contributed by atoms with Crippen LogP contribution >= 0.6 is 11.6 Å². The summed E-state index contributed by atoms with van der Waals surface area (Å²) in [5.74, 6) is -0.529. The molecule has 1 aromatic heterocycles. The zero-order valence-corrected chi connectivity index (χ0v) is 18.7. The maximum absolute atomic E-state index is 13.7. The Bertz CT molecular complexity index is 953. The van der Waals surface area contributed by atoms with Crippen molar-refractivity contribution in [1.29, 1.82) is 0 Å². The van der Waals surface area contributed by atoms with Crippen LogP contribution in [0.1, 0.15) is 38.8 Å². The molecule has 0 saturated carbocycles. The highest BCUT2D eigenvalue weighted by Crippen LogP contribution is 2.39. The quantitative estimate of drug-likeness (QED) is 0.509. The van der Waals surface area contributed by atoms with Crippen LogP contribution in [0.4, 0.5) is 9.18 Å². The SMILES string of the molecule is CC1(C)OB(C(=Cc2cc(F)cnc2Cl)CNC(=O)OCc2ccccc2)OC1(C)C. The molecule has 1 aliphatic heterocycles. The molecule has 164 valence electrons. The smallest absolute Gasteiger partial charge is 0.445 e. The molecular formula is C22H25BClFN2O4. The Hall–Kier alpha value is -2.42. The van der Waals surface area contributed by atoms with E-state index >= 15 is 0 Å². The summed E-state index contributed by atoms with van der Waals surface area (Å²) in [5, 5.41) is 2.82. The van der Waals surface area contributed by atoms with Gasteiger partial charge in [-0.15, -0.1) is 0 Å². The predicted molar refractivity (Wildman–Crippen MR) is 118 cm³/mol. The van der Waals surface area contributed by atoms with Crippen LogP contribution in [0.25, 0.3) is 6.08 Å². The first-order valence-corrected chi connectivity index (χ1v) is 10.3. The summed E-state index contributed by atoms with van der Waals surface area (Å²) in [7, 11) is -0.765. The first-order valence-electron chi connectivity index (χ1n) is 9.89. The molecule has 0 unspecified atom stereocenters. The number of rotatable bonds is 6. The van der Waals surface area contributed by atoms with Gasteiger partial charge in [-0.05, 0) is 44.8 Å². The maximum atomic E-state index is 13.7. The molecule has 0 bridgehead atoms. The molecule has 9 heteroatoms. The van der Waals surface area contributed by atoms with Crippen LogP contribution < -0.4 is 5.32 Å². The Labute approximate surface area is 186 Å². The minimum atomic E-state index is -0.765. The van der Waals surface area contributed by atoms with Gasteiger partial charge >= 0.3 is 13.2 Å². The fourth-order valence-corrected chi connectivity index (χ4v) is 3.04. The highest BCUT2D eigenvalue weighted by atomic mass is 35.5. The normalized spacial score (nSPS) is 17.5. The second-order valence-electron chi connectivity index (χ2n) is 8.26. The van der Waals surface area contributed by atoms with E-state index in [0.29, 0.717) is 11.0 Å². The Morgan fingerprint density at radius 3 is 2.52 bits per heavy atom. The molecule has 31 heavy (non-hydrogen) atoms. The monoisotopic (exact) mass is 446 g/mol. The van der Waals surface area contributed by atoms with Crippen molar-refractivity contribution in [2.24, 2.45) is 0 Å². The molecule has 2 aromatic rings. The maximum Gasteiger partial charge on any atom is 0.492 e. The zero-order chi connectivity index (χ0) is 22.6. The van der Waals surface area contributed by atoms with Gasteiger partial charge in [0.05, 0.1) is 17.4 Å². The van der Waals surface area contributed by atoms with Crippen LogP contribution in [0.3, 0.4) is 0 Å². The Kier molecular flexibility index (Phi) is 7.04. The Morgan fingerprint density at radius 1 is 1.23 bits per heavy atom. The van der Waals surface area contributed by atoms with Gasteiger partial charge in [0.15, 0.2) is 0 Å². The second kappa shape index (κ2) is 9.38. The molecule has 3 rings (SSSR count). The fourth-order valence-electron chi connectivity index (χ4n) is 2.88. The third-order valence-electron chi connectivity index (χ3n) is 5.38. The summed E-state index contributed by atoms with van der Waals surface area (Å²) in [4.78, 5) is 16.0. The lowest BCUT2D eigenvalue weighted by Gasteiger charge is -2.32. The number of carbonyl (C=O) groups is 1. The van der Waals surface area contributed by atoms with Crippen LogP contribution in [0, 0.1) is 5.82 Å². The van der Waals surface area contributed by atoms with E-state index in [1.807, 2.05) is 58.0 Å². The molecule has 1 aliphatic rings. The summed E-state index contributed by atoms with van der Waals surface area (Å²) < 4.78 is 31.1. The van der Waals surface area contributed by atoms with Crippen molar-refractivity contribution in [3.05, 3.63) is 70.2 Å². The molecular weight excluding hydrogens is 422 g/mol. The number of alkyl carbamates (subject to hydrolysis) is 1. The van der Waals surface area contributed by atoms with Crippen LogP contribution in [0.2, 0.25) is 5.15 Å². The molecule has 0 atom stereocenters. The lowest BCUT2D eigenvalue weighted by molar-refractivity contribution is 0.00578. The minimum absolute atomic E-state index is 0.0529. The molecule has 1 amide bonds. The topological polar surface area (TPSA) is 69.7 Å². The van der Waals surface area contributed by atoms with Gasteiger partial charge in [0.2, 0.25) is 0 Å². The molecule has 0 aliphatic carbocycles. The molecule has 1 saturated heterocycles. The van der Waals surface area contributed by atoms with E-state index in [-0.39, 0.29) is 18.3 Å². The van der Waals surface area contributed by atoms with Gasteiger partial charge in [-0.2, -0.15) is 0 Å². The standard InChI is InChI=1S/C22H25BClFN2O4/c1-21(2)22(3,4)31-23(30-21)17(10-16-11-18(25)13-26-19(16)24)12-27-20(28)29-14-15-8-6-5-7-9-15/h5-11,13H,12,14H2,1-4H3,(H,27,28). The van der Waals surface area contributed by atoms with Crippen molar-refractivity contribution in [2.75, 3.05) is 6.54 Å². The summed E-state index contributed by atoms with van der Waals surface area (Å²) in [6, 6.07) is 10.6. The third kappa shape index (κ3) is 5.84. The third-order valence-corrected chi connectivity index (χ3v) is 5.70. The number of pyridine rings is 1.